The number of allylic oxidation sites excluding steroid dienone is 1. The van der Waals surface area contributed by atoms with Crippen molar-refractivity contribution in [3.8, 4) is 57.5 Å². The lowest BCUT2D eigenvalue weighted by molar-refractivity contribution is 0.434. The van der Waals surface area contributed by atoms with E-state index in [1.54, 1.807) is 6.08 Å². The van der Waals surface area contributed by atoms with Gasteiger partial charge in [0.25, 0.3) is 0 Å². The van der Waals surface area contributed by atoms with E-state index in [-0.39, 0.29) is 0 Å². The maximum absolute atomic E-state index is 6.96. The minimum atomic E-state index is -0.803. The standard InChI is InChI=1S/C71H51N3O/c1-6-7-27-62-48(5)56-41-49(31-35-64(56)72(62)53-20-10-8-11-21-53)51-33-37-66-60(43-51)71(58-25-15-18-29-68(58)75-69-30-19-16-26-59(69)71)61-44-52(34-38-67(61)74(66)70-46(3)39-45(2)40-47(70)4)50-32-36-65-57(42-50)55-24-14-17-28-63(55)73(65)54-22-12-9-13-23-54/h1,7-44H,2-5H3. The van der Waals surface area contributed by atoms with Crippen LogP contribution in [0.15, 0.2) is 224 Å². The minimum Gasteiger partial charge on any atom is -0.457 e. The first-order valence-corrected chi connectivity index (χ1v) is 25.8. The molecule has 2 aliphatic heterocycles. The number of aromatic nitrogens is 2. The first-order chi connectivity index (χ1) is 36.8. The molecule has 0 bridgehead atoms. The van der Waals surface area contributed by atoms with Gasteiger partial charge in [0.2, 0.25) is 0 Å². The Kier molecular flexibility index (Phi) is 10.0. The summed E-state index contributed by atoms with van der Waals surface area (Å²) < 4.78 is 11.7. The van der Waals surface area contributed by atoms with Crippen LogP contribution in [-0.4, -0.2) is 9.13 Å². The summed E-state index contributed by atoms with van der Waals surface area (Å²) in [5, 5.41) is 3.62. The monoisotopic (exact) mass is 961 g/mol. The maximum Gasteiger partial charge on any atom is 0.132 e. The zero-order valence-electron chi connectivity index (χ0n) is 42.3. The van der Waals surface area contributed by atoms with Crippen LogP contribution in [0.5, 0.6) is 11.5 Å². The van der Waals surface area contributed by atoms with Crippen molar-refractivity contribution in [1.29, 1.82) is 0 Å². The molecule has 4 heteroatoms. The molecule has 0 N–H and O–H groups in total. The van der Waals surface area contributed by atoms with Crippen molar-refractivity contribution in [2.75, 3.05) is 4.90 Å². The average Bonchev–Trinajstić information content (AvgIpc) is 3.98. The topological polar surface area (TPSA) is 22.3 Å². The zero-order valence-corrected chi connectivity index (χ0v) is 42.3. The summed E-state index contributed by atoms with van der Waals surface area (Å²) in [6.45, 7) is 8.92. The fraction of sp³-hybridized carbons (Fsp3) is 0.0704. The van der Waals surface area contributed by atoms with E-state index in [4.69, 9.17) is 11.2 Å². The fourth-order valence-electron chi connectivity index (χ4n) is 12.9. The first-order valence-electron chi connectivity index (χ1n) is 25.8. The van der Waals surface area contributed by atoms with Crippen molar-refractivity contribution in [2.45, 2.75) is 33.1 Å². The van der Waals surface area contributed by atoms with Crippen molar-refractivity contribution in [3.05, 3.63) is 275 Å². The predicted molar refractivity (Wildman–Crippen MR) is 312 cm³/mol. The second-order valence-corrected chi connectivity index (χ2v) is 20.2. The Morgan fingerprint density at radius 1 is 0.440 bits per heavy atom. The van der Waals surface area contributed by atoms with Crippen molar-refractivity contribution in [1.82, 2.24) is 9.13 Å². The summed E-state index contributed by atoms with van der Waals surface area (Å²) in [4.78, 5) is 2.54. The Bertz CT molecular complexity index is 4320. The molecule has 0 fully saturated rings. The molecule has 4 nitrogen and oxygen atoms in total. The minimum absolute atomic E-state index is 0.803. The number of terminal acetylenes is 1. The Hall–Kier alpha value is -9.56. The number of fused-ring (bicyclic) bond motifs is 12. The van der Waals surface area contributed by atoms with Crippen molar-refractivity contribution < 1.29 is 4.74 Å². The molecule has 0 atom stereocenters. The number of hydrogen-bond acceptors (Lipinski definition) is 2. The van der Waals surface area contributed by atoms with Crippen LogP contribution in [-0.2, 0) is 5.41 Å². The summed E-state index contributed by atoms with van der Waals surface area (Å²) in [7, 11) is 0. The third-order valence-corrected chi connectivity index (χ3v) is 15.9. The van der Waals surface area contributed by atoms with Gasteiger partial charge in [-0.3, -0.25) is 0 Å². The molecule has 75 heavy (non-hydrogen) atoms. The quantitative estimate of drug-likeness (QED) is 0.155. The molecule has 12 aromatic rings. The van der Waals surface area contributed by atoms with Crippen molar-refractivity contribution >= 4 is 55.8 Å². The van der Waals surface area contributed by atoms with Gasteiger partial charge in [0, 0.05) is 38.7 Å². The molecular weight excluding hydrogens is 911 g/mol. The first kappa shape index (κ1) is 44.2. The number of aryl methyl sites for hydroxylation is 4. The fourth-order valence-corrected chi connectivity index (χ4v) is 12.9. The van der Waals surface area contributed by atoms with Gasteiger partial charge in [0.1, 0.15) is 11.5 Å². The van der Waals surface area contributed by atoms with E-state index in [2.05, 4.69) is 272 Å². The number of anilines is 3. The van der Waals surface area contributed by atoms with E-state index in [0.717, 1.165) is 78.8 Å². The maximum atomic E-state index is 6.96. The van der Waals surface area contributed by atoms with E-state index in [0.29, 0.717) is 0 Å². The predicted octanol–water partition coefficient (Wildman–Crippen LogP) is 18.2. The zero-order chi connectivity index (χ0) is 50.5. The summed E-state index contributed by atoms with van der Waals surface area (Å²) in [6, 6.07) is 80.3. The van der Waals surface area contributed by atoms with Gasteiger partial charge in [-0.25, -0.2) is 0 Å². The van der Waals surface area contributed by atoms with Crippen LogP contribution in [0.1, 0.15) is 50.2 Å². The molecule has 10 aromatic carbocycles. The summed E-state index contributed by atoms with van der Waals surface area (Å²) in [5.41, 5.74) is 23.4. The Balaban J connectivity index is 1.06. The molecule has 14 rings (SSSR count). The highest BCUT2D eigenvalue weighted by molar-refractivity contribution is 6.10. The van der Waals surface area contributed by atoms with Crippen LogP contribution < -0.4 is 9.64 Å². The summed E-state index contributed by atoms with van der Waals surface area (Å²) in [6.07, 6.45) is 9.67. The molecule has 0 saturated carbocycles. The van der Waals surface area contributed by atoms with Crippen LogP contribution in [0.3, 0.4) is 0 Å². The number of para-hydroxylation sites is 5. The van der Waals surface area contributed by atoms with Gasteiger partial charge in [-0.05, 0) is 181 Å². The van der Waals surface area contributed by atoms with Crippen LogP contribution >= 0.6 is 0 Å². The van der Waals surface area contributed by atoms with Gasteiger partial charge in [-0.2, -0.15) is 0 Å². The lowest BCUT2D eigenvalue weighted by atomic mass is 9.60. The lowest BCUT2D eigenvalue weighted by Crippen LogP contribution is -2.40. The lowest BCUT2D eigenvalue weighted by Gasteiger charge is -2.49. The van der Waals surface area contributed by atoms with Crippen LogP contribution in [0.4, 0.5) is 17.1 Å². The third-order valence-electron chi connectivity index (χ3n) is 15.9. The van der Waals surface area contributed by atoms with Crippen LogP contribution in [0, 0.1) is 40.0 Å². The Morgan fingerprint density at radius 3 is 1.52 bits per heavy atom. The average molecular weight is 962 g/mol. The highest BCUT2D eigenvalue weighted by atomic mass is 16.5. The molecular formula is C71H51N3O. The highest BCUT2D eigenvalue weighted by Gasteiger charge is 2.51. The van der Waals surface area contributed by atoms with Crippen molar-refractivity contribution in [2.24, 2.45) is 0 Å². The summed E-state index contributed by atoms with van der Waals surface area (Å²) >= 11 is 0. The molecule has 0 unspecified atom stereocenters. The molecule has 0 amide bonds. The van der Waals surface area contributed by atoms with Crippen molar-refractivity contribution in [3.63, 3.8) is 0 Å². The SMILES string of the molecule is C#CC=Cc1c(C)c2cc(-c3ccc4c(c3)C3(c5ccccc5Oc5ccccc53)c3cc(-c5ccc6c(c5)c5ccccc5n6-c5ccccc5)ccc3N4c3c(C)cc(C)cc3C)ccc2n1-c1ccccc1. The van der Waals surface area contributed by atoms with Gasteiger partial charge >= 0.3 is 0 Å². The number of rotatable bonds is 6. The van der Waals surface area contributed by atoms with E-state index < -0.39 is 5.41 Å². The van der Waals surface area contributed by atoms with E-state index in [1.807, 2.05) is 0 Å². The third kappa shape index (κ3) is 6.58. The number of benzene rings is 10. The second kappa shape index (κ2) is 17.0. The van der Waals surface area contributed by atoms with E-state index in [1.165, 1.54) is 66.3 Å². The Labute approximate surface area is 437 Å². The normalized spacial score (nSPS) is 13.2. The van der Waals surface area contributed by atoms with Gasteiger partial charge in [-0.1, -0.05) is 139 Å². The molecule has 0 saturated heterocycles. The van der Waals surface area contributed by atoms with Crippen LogP contribution in [0.25, 0.3) is 72.4 Å². The highest BCUT2D eigenvalue weighted by Crippen LogP contribution is 2.64. The smallest absolute Gasteiger partial charge is 0.132 e. The van der Waals surface area contributed by atoms with E-state index in [9.17, 15) is 0 Å². The van der Waals surface area contributed by atoms with E-state index >= 15 is 0 Å². The number of hydrogen-bond donors (Lipinski definition) is 0. The Morgan fingerprint density at radius 2 is 0.920 bits per heavy atom. The second-order valence-electron chi connectivity index (χ2n) is 20.2. The molecule has 0 aliphatic carbocycles. The molecule has 1 spiro atoms. The van der Waals surface area contributed by atoms with Gasteiger partial charge in [-0.15, -0.1) is 6.42 Å². The molecule has 0 radical (unpaired) electrons. The molecule has 2 aliphatic rings. The molecule has 4 heterocycles. The number of ether oxygens (including phenoxy) is 1. The molecule has 2 aromatic heterocycles. The largest absolute Gasteiger partial charge is 0.457 e. The van der Waals surface area contributed by atoms with Crippen LogP contribution in [0.2, 0.25) is 0 Å². The van der Waals surface area contributed by atoms with Gasteiger partial charge < -0.3 is 18.8 Å². The molecule has 356 valence electrons. The number of nitrogens with zero attached hydrogens (tertiary/aromatic N) is 3. The van der Waals surface area contributed by atoms with Gasteiger partial charge in [0.15, 0.2) is 0 Å². The summed E-state index contributed by atoms with van der Waals surface area (Å²) in [5.74, 6) is 4.43. The van der Waals surface area contributed by atoms with Gasteiger partial charge in [0.05, 0.1) is 44.7 Å².